The lowest BCUT2D eigenvalue weighted by Gasteiger charge is -2.40. The molecule has 168 valence electrons. The molecule has 1 aliphatic heterocycles. The summed E-state index contributed by atoms with van der Waals surface area (Å²) in [5.74, 6) is 2.59. The third-order valence-corrected chi connectivity index (χ3v) is 6.26. The van der Waals surface area contributed by atoms with Gasteiger partial charge in [0.05, 0.1) is 6.04 Å². The minimum Gasteiger partial charge on any atom is -0.487 e. The maximum absolute atomic E-state index is 6.49. The van der Waals surface area contributed by atoms with E-state index in [4.69, 9.17) is 4.74 Å². The first-order valence-corrected chi connectivity index (χ1v) is 10.9. The SMILES string of the molecule is CN=C(NCc1ccnc(-n2cccn2)c1)NC1CC2(CCCC2)Oc2ccccc21.I. The summed E-state index contributed by atoms with van der Waals surface area (Å²) in [5, 5.41) is 11.4. The number of hydrogen-bond donors (Lipinski definition) is 2. The van der Waals surface area contributed by atoms with Gasteiger partial charge in [-0.25, -0.2) is 9.67 Å². The Balaban J connectivity index is 0.00000245. The van der Waals surface area contributed by atoms with Crippen LogP contribution in [-0.4, -0.2) is 33.4 Å². The first-order chi connectivity index (χ1) is 15.2. The lowest BCUT2D eigenvalue weighted by molar-refractivity contribution is 0.0396. The summed E-state index contributed by atoms with van der Waals surface area (Å²) in [4.78, 5) is 8.88. The molecular weight excluding hydrogens is 515 g/mol. The second-order valence-corrected chi connectivity index (χ2v) is 8.33. The molecule has 1 unspecified atom stereocenters. The average Bonchev–Trinajstić information content (AvgIpc) is 3.49. The van der Waals surface area contributed by atoms with Gasteiger partial charge in [0.25, 0.3) is 0 Å². The van der Waals surface area contributed by atoms with Gasteiger partial charge in [0.15, 0.2) is 11.8 Å². The fourth-order valence-corrected chi connectivity index (χ4v) is 4.72. The Hall–Kier alpha value is -2.62. The zero-order chi connectivity index (χ0) is 21.1. The van der Waals surface area contributed by atoms with Crippen molar-refractivity contribution in [3.63, 3.8) is 0 Å². The van der Waals surface area contributed by atoms with E-state index in [1.165, 1.54) is 18.4 Å². The van der Waals surface area contributed by atoms with Crippen molar-refractivity contribution < 1.29 is 4.74 Å². The molecule has 3 heterocycles. The third kappa shape index (κ3) is 4.74. The normalized spacial score (nSPS) is 19.0. The molecule has 0 amide bonds. The van der Waals surface area contributed by atoms with Crippen molar-refractivity contribution in [1.29, 1.82) is 0 Å². The largest absolute Gasteiger partial charge is 0.487 e. The van der Waals surface area contributed by atoms with E-state index in [1.807, 2.05) is 37.6 Å². The highest BCUT2D eigenvalue weighted by atomic mass is 127. The van der Waals surface area contributed by atoms with E-state index in [2.05, 4.69) is 50.0 Å². The van der Waals surface area contributed by atoms with Crippen molar-refractivity contribution >= 4 is 29.9 Å². The second-order valence-electron chi connectivity index (χ2n) is 8.33. The number of rotatable bonds is 4. The van der Waals surface area contributed by atoms with Crippen LogP contribution >= 0.6 is 24.0 Å². The van der Waals surface area contributed by atoms with Crippen molar-refractivity contribution in [2.24, 2.45) is 4.99 Å². The highest BCUT2D eigenvalue weighted by Crippen LogP contribution is 2.46. The standard InChI is InChI=1S/C24H28N6O.HI/c1-25-23(27-17-18-9-13-26-22(15-18)30-14-6-12-28-30)29-20-16-24(10-4-5-11-24)31-21-8-3-2-7-19(20)21;/h2-3,6-9,12-15,20H,4-5,10-11,16-17H2,1H3,(H2,25,27,29);1H. The average molecular weight is 544 g/mol. The number of para-hydroxylation sites is 1. The summed E-state index contributed by atoms with van der Waals surface area (Å²) in [6.45, 7) is 0.645. The number of aromatic nitrogens is 3. The van der Waals surface area contributed by atoms with E-state index in [1.54, 1.807) is 10.9 Å². The van der Waals surface area contributed by atoms with Crippen molar-refractivity contribution in [3.05, 3.63) is 72.2 Å². The molecule has 2 aliphatic rings. The summed E-state index contributed by atoms with van der Waals surface area (Å²) in [5.41, 5.74) is 2.27. The van der Waals surface area contributed by atoms with Crippen LogP contribution in [0.15, 0.2) is 66.0 Å². The van der Waals surface area contributed by atoms with Crippen molar-refractivity contribution in [1.82, 2.24) is 25.4 Å². The van der Waals surface area contributed by atoms with Crippen LogP contribution in [-0.2, 0) is 6.54 Å². The lowest BCUT2D eigenvalue weighted by atomic mass is 9.86. The first-order valence-electron chi connectivity index (χ1n) is 10.9. The van der Waals surface area contributed by atoms with Gasteiger partial charge in [0.2, 0.25) is 0 Å². The van der Waals surface area contributed by atoms with Gasteiger partial charge < -0.3 is 15.4 Å². The third-order valence-electron chi connectivity index (χ3n) is 6.26. The maximum atomic E-state index is 6.49. The molecule has 5 rings (SSSR count). The molecule has 1 spiro atoms. The number of ether oxygens (including phenoxy) is 1. The fourth-order valence-electron chi connectivity index (χ4n) is 4.72. The lowest BCUT2D eigenvalue weighted by Crippen LogP contribution is -2.46. The van der Waals surface area contributed by atoms with E-state index in [0.29, 0.717) is 6.54 Å². The minimum absolute atomic E-state index is 0. The molecule has 1 atom stereocenters. The van der Waals surface area contributed by atoms with Crippen LogP contribution < -0.4 is 15.4 Å². The molecule has 0 saturated heterocycles. The molecule has 1 aromatic carbocycles. The second kappa shape index (κ2) is 9.89. The van der Waals surface area contributed by atoms with Gasteiger partial charge in [-0.3, -0.25) is 4.99 Å². The van der Waals surface area contributed by atoms with E-state index < -0.39 is 0 Å². The number of halogens is 1. The number of hydrogen-bond acceptors (Lipinski definition) is 4. The Bertz CT molecular complexity index is 1060. The molecule has 1 fully saturated rings. The fraction of sp³-hybridized carbons (Fsp3) is 0.375. The molecule has 0 bridgehead atoms. The Morgan fingerprint density at radius 1 is 1.19 bits per heavy atom. The van der Waals surface area contributed by atoms with Crippen LogP contribution in [0.1, 0.15) is 49.3 Å². The molecule has 2 aromatic heterocycles. The van der Waals surface area contributed by atoms with Crippen LogP contribution in [0.2, 0.25) is 0 Å². The number of guanidine groups is 1. The number of nitrogens with zero attached hydrogens (tertiary/aromatic N) is 4. The van der Waals surface area contributed by atoms with Gasteiger partial charge in [-0.15, -0.1) is 24.0 Å². The Labute approximate surface area is 205 Å². The predicted octanol–water partition coefficient (Wildman–Crippen LogP) is 4.39. The molecule has 1 saturated carbocycles. The van der Waals surface area contributed by atoms with E-state index in [9.17, 15) is 0 Å². The predicted molar refractivity (Wildman–Crippen MR) is 136 cm³/mol. The first kappa shape index (κ1) is 22.6. The topological polar surface area (TPSA) is 76.4 Å². The Morgan fingerprint density at radius 2 is 2.03 bits per heavy atom. The van der Waals surface area contributed by atoms with E-state index in [0.717, 1.165) is 42.4 Å². The van der Waals surface area contributed by atoms with Crippen LogP contribution in [0.5, 0.6) is 5.75 Å². The van der Waals surface area contributed by atoms with Gasteiger partial charge >= 0.3 is 0 Å². The Kier molecular flexibility index (Phi) is 6.98. The minimum atomic E-state index is -0.0470. The van der Waals surface area contributed by atoms with Crippen LogP contribution in [0, 0.1) is 0 Å². The molecule has 1 aliphatic carbocycles. The number of aliphatic imine (C=N–C) groups is 1. The van der Waals surface area contributed by atoms with Gasteiger partial charge in [0, 0.05) is 44.2 Å². The summed E-state index contributed by atoms with van der Waals surface area (Å²) in [6, 6.07) is 14.5. The zero-order valence-electron chi connectivity index (χ0n) is 18.2. The number of pyridine rings is 1. The molecule has 8 heteroatoms. The summed E-state index contributed by atoms with van der Waals surface area (Å²) in [7, 11) is 1.81. The summed E-state index contributed by atoms with van der Waals surface area (Å²) < 4.78 is 8.25. The smallest absolute Gasteiger partial charge is 0.191 e. The highest BCUT2D eigenvalue weighted by molar-refractivity contribution is 14.0. The van der Waals surface area contributed by atoms with Gasteiger partial charge in [0.1, 0.15) is 11.4 Å². The van der Waals surface area contributed by atoms with Gasteiger partial charge in [-0.2, -0.15) is 5.10 Å². The molecule has 7 nitrogen and oxygen atoms in total. The molecular formula is C24H29IN6O. The zero-order valence-corrected chi connectivity index (χ0v) is 20.5. The molecule has 0 radical (unpaired) electrons. The highest BCUT2D eigenvalue weighted by Gasteiger charge is 2.43. The molecule has 32 heavy (non-hydrogen) atoms. The van der Waals surface area contributed by atoms with E-state index >= 15 is 0 Å². The monoisotopic (exact) mass is 544 g/mol. The molecule has 2 N–H and O–H groups in total. The summed E-state index contributed by atoms with van der Waals surface area (Å²) in [6.07, 6.45) is 11.1. The van der Waals surface area contributed by atoms with Crippen LogP contribution in [0.25, 0.3) is 5.82 Å². The molecule has 3 aromatic rings. The number of fused-ring (bicyclic) bond motifs is 1. The van der Waals surface area contributed by atoms with Crippen LogP contribution in [0.4, 0.5) is 0 Å². The van der Waals surface area contributed by atoms with Crippen molar-refractivity contribution in [2.45, 2.75) is 50.3 Å². The number of nitrogens with one attached hydrogen (secondary N) is 2. The quantitative estimate of drug-likeness (QED) is 0.290. The number of benzene rings is 1. The van der Waals surface area contributed by atoms with Gasteiger partial charge in [-0.1, -0.05) is 18.2 Å². The van der Waals surface area contributed by atoms with Crippen molar-refractivity contribution in [2.75, 3.05) is 7.05 Å². The van der Waals surface area contributed by atoms with Crippen molar-refractivity contribution in [3.8, 4) is 11.6 Å². The Morgan fingerprint density at radius 3 is 2.81 bits per heavy atom. The maximum Gasteiger partial charge on any atom is 0.191 e. The summed E-state index contributed by atoms with van der Waals surface area (Å²) >= 11 is 0. The van der Waals surface area contributed by atoms with Gasteiger partial charge in [-0.05, 0) is 55.5 Å². The van der Waals surface area contributed by atoms with E-state index in [-0.39, 0.29) is 35.6 Å². The van der Waals surface area contributed by atoms with Crippen LogP contribution in [0.3, 0.4) is 0 Å².